The van der Waals surface area contributed by atoms with Crippen molar-refractivity contribution in [3.8, 4) is 0 Å². The summed E-state index contributed by atoms with van der Waals surface area (Å²) < 4.78 is 0. The molecule has 0 atom stereocenters. The van der Waals surface area contributed by atoms with Crippen LogP contribution in [0.4, 0.5) is 0 Å². The van der Waals surface area contributed by atoms with Crippen molar-refractivity contribution in [1.29, 1.82) is 0 Å². The Morgan fingerprint density at radius 2 is 1.30 bits per heavy atom. The zero-order valence-corrected chi connectivity index (χ0v) is 7.78. The Morgan fingerprint density at radius 1 is 1.30 bits per heavy atom. The molecule has 0 aromatic carbocycles. The molecule has 66 valence electrons. The molecule has 3 heteroatoms. The van der Waals surface area contributed by atoms with Crippen molar-refractivity contribution in [2.45, 2.75) is 20.8 Å². The van der Waals surface area contributed by atoms with Gasteiger partial charge in [0.1, 0.15) is 0 Å². The molecule has 0 aromatic rings. The van der Waals surface area contributed by atoms with E-state index < -0.39 is 0 Å². The van der Waals surface area contributed by atoms with Crippen molar-refractivity contribution in [2.24, 2.45) is 11.6 Å². The number of rotatable bonds is 0. The van der Waals surface area contributed by atoms with Crippen LogP contribution in [0.1, 0.15) is 20.8 Å². The van der Waals surface area contributed by atoms with Gasteiger partial charge in [-0.1, -0.05) is 20.8 Å². The van der Waals surface area contributed by atoms with Gasteiger partial charge >= 0.3 is 0 Å². The smallest absolute Gasteiger partial charge is 0.00172 e. The van der Waals surface area contributed by atoms with Crippen molar-refractivity contribution in [1.82, 2.24) is 5.43 Å². The van der Waals surface area contributed by atoms with E-state index in [9.17, 15) is 0 Å². The van der Waals surface area contributed by atoms with E-state index in [1.807, 2.05) is 20.8 Å². The molecule has 0 rings (SSSR count). The van der Waals surface area contributed by atoms with Crippen molar-refractivity contribution in [3.63, 3.8) is 0 Å². The van der Waals surface area contributed by atoms with Crippen LogP contribution in [0.15, 0.2) is 13.2 Å². The molecule has 3 nitrogen and oxygen atoms in total. The molecule has 0 spiro atoms. The first-order chi connectivity index (χ1) is 4.83. The molecule has 0 aliphatic heterocycles. The van der Waals surface area contributed by atoms with Crippen LogP contribution in [0, 0.1) is 0 Å². The van der Waals surface area contributed by atoms with Crippen LogP contribution in [0.2, 0.25) is 0 Å². The van der Waals surface area contributed by atoms with Gasteiger partial charge in [-0.05, 0) is 13.6 Å². The summed E-state index contributed by atoms with van der Waals surface area (Å²) in [5.41, 5.74) is 7.10. The predicted molar refractivity (Wildman–Crippen MR) is 50.6 cm³/mol. The van der Waals surface area contributed by atoms with Crippen LogP contribution in [-0.2, 0) is 0 Å². The van der Waals surface area contributed by atoms with Crippen molar-refractivity contribution < 1.29 is 0 Å². The Morgan fingerprint density at radius 3 is 1.30 bits per heavy atom. The molecule has 0 unspecified atom stereocenters. The molecule has 5 N–H and O–H groups in total. The highest BCUT2D eigenvalue weighted by atomic mass is 15.2. The molecule has 0 saturated heterocycles. The first-order valence-corrected chi connectivity index (χ1v) is 3.40. The van der Waals surface area contributed by atoms with Gasteiger partial charge in [0.05, 0.1) is 0 Å². The standard InChI is InChI=1S/C2H7N.C2H6.C2H4.CH6N2/c1-2-3;2*1-2;1-3-2/h2-3H2,1H3;1-2H3;1-2H2;3H,2H2,1H3. The minimum Gasteiger partial charge on any atom is -0.331 e. The highest BCUT2D eigenvalue weighted by Crippen LogP contribution is 1.20. The van der Waals surface area contributed by atoms with Gasteiger partial charge in [0.2, 0.25) is 0 Å². The van der Waals surface area contributed by atoms with E-state index in [1.54, 1.807) is 7.05 Å². The average molecular weight is 149 g/mol. The van der Waals surface area contributed by atoms with E-state index in [1.165, 1.54) is 0 Å². The van der Waals surface area contributed by atoms with Gasteiger partial charge in [-0.2, -0.15) is 0 Å². The molecule has 0 amide bonds. The molecular formula is C7H23N3. The van der Waals surface area contributed by atoms with Crippen molar-refractivity contribution in [2.75, 3.05) is 13.6 Å². The van der Waals surface area contributed by atoms with Crippen LogP contribution in [0.3, 0.4) is 0 Å². The second kappa shape index (κ2) is 191. The Bertz CT molecular complexity index is 16.3. The largest absolute Gasteiger partial charge is 0.331 e. The van der Waals surface area contributed by atoms with E-state index in [-0.39, 0.29) is 0 Å². The van der Waals surface area contributed by atoms with Crippen molar-refractivity contribution in [3.05, 3.63) is 13.2 Å². The van der Waals surface area contributed by atoms with Crippen LogP contribution in [0.5, 0.6) is 0 Å². The monoisotopic (exact) mass is 149 g/mol. The van der Waals surface area contributed by atoms with E-state index in [0.29, 0.717) is 0 Å². The van der Waals surface area contributed by atoms with Crippen LogP contribution in [0.25, 0.3) is 0 Å². The Labute approximate surface area is 65.5 Å². The first kappa shape index (κ1) is 22.6. The maximum Gasteiger partial charge on any atom is -0.00172 e. The molecule has 0 bridgehead atoms. The lowest BCUT2D eigenvalue weighted by Crippen LogP contribution is -2.13. The normalized spacial score (nSPS) is 4.60. The van der Waals surface area contributed by atoms with Crippen LogP contribution in [-0.4, -0.2) is 13.6 Å². The molecule has 0 heterocycles. The average Bonchev–Trinajstić information content (AvgIpc) is 1.99. The third kappa shape index (κ3) is 2310. The molecule has 0 aliphatic carbocycles. The number of hydrogen-bond donors (Lipinski definition) is 3. The summed E-state index contributed by atoms with van der Waals surface area (Å²) in [5.74, 6) is 4.60. The van der Waals surface area contributed by atoms with E-state index >= 15 is 0 Å². The number of nitrogens with two attached hydrogens (primary N) is 2. The van der Waals surface area contributed by atoms with E-state index in [4.69, 9.17) is 5.73 Å². The summed E-state index contributed by atoms with van der Waals surface area (Å²) in [7, 11) is 1.65. The summed E-state index contributed by atoms with van der Waals surface area (Å²) in [5, 5.41) is 0. The fourth-order valence-electron chi connectivity index (χ4n) is 0. The quantitative estimate of drug-likeness (QED) is 0.272. The maximum absolute atomic E-state index is 4.85. The Balaban J connectivity index is -0.0000000246. The number of hydrogen-bond acceptors (Lipinski definition) is 3. The second-order valence-corrected chi connectivity index (χ2v) is 0.697. The highest BCUT2D eigenvalue weighted by Gasteiger charge is 1.32. The lowest BCUT2D eigenvalue weighted by molar-refractivity contribution is 0.900. The molecule has 0 radical (unpaired) electrons. The number of hydrazine groups is 1. The van der Waals surface area contributed by atoms with Gasteiger partial charge in [0, 0.05) is 0 Å². The summed E-state index contributed by atoms with van der Waals surface area (Å²) in [6, 6.07) is 0. The van der Waals surface area contributed by atoms with Gasteiger partial charge in [0.15, 0.2) is 0 Å². The minimum atomic E-state index is 0.750. The maximum atomic E-state index is 4.85. The summed E-state index contributed by atoms with van der Waals surface area (Å²) in [6.45, 7) is 12.7. The Hall–Kier alpha value is -0.380. The van der Waals surface area contributed by atoms with E-state index in [2.05, 4.69) is 24.4 Å². The molecular weight excluding hydrogens is 126 g/mol. The zero-order chi connectivity index (χ0) is 9.41. The predicted octanol–water partition coefficient (Wildman–Crippen LogP) is 0.873. The molecule has 0 aromatic heterocycles. The lowest BCUT2D eigenvalue weighted by atomic mass is 10.8. The summed E-state index contributed by atoms with van der Waals surface area (Å²) in [4.78, 5) is 0. The van der Waals surface area contributed by atoms with Crippen molar-refractivity contribution >= 4 is 0 Å². The van der Waals surface area contributed by atoms with Gasteiger partial charge in [-0.15, -0.1) is 13.2 Å². The molecule has 0 aliphatic rings. The second-order valence-electron chi connectivity index (χ2n) is 0.697. The number of nitrogens with one attached hydrogen (secondary N) is 1. The van der Waals surface area contributed by atoms with E-state index in [0.717, 1.165) is 6.54 Å². The van der Waals surface area contributed by atoms with Gasteiger partial charge in [0.25, 0.3) is 0 Å². The van der Waals surface area contributed by atoms with Gasteiger partial charge < -0.3 is 5.73 Å². The first-order valence-electron chi connectivity index (χ1n) is 3.40. The minimum absolute atomic E-state index is 0.750. The van der Waals surface area contributed by atoms with Crippen LogP contribution >= 0.6 is 0 Å². The highest BCUT2D eigenvalue weighted by molar-refractivity contribution is 4.22. The van der Waals surface area contributed by atoms with Gasteiger partial charge in [-0.3, -0.25) is 11.3 Å². The Kier molecular flexibility index (Phi) is 432. The zero-order valence-electron chi connectivity index (χ0n) is 7.78. The van der Waals surface area contributed by atoms with Gasteiger partial charge in [-0.25, -0.2) is 0 Å². The molecule has 0 fully saturated rings. The third-order valence-corrected chi connectivity index (χ3v) is 0. The fourth-order valence-corrected chi connectivity index (χ4v) is 0. The SMILES string of the molecule is C=C.CC.CCN.CNN. The third-order valence-electron chi connectivity index (χ3n) is 0. The van der Waals surface area contributed by atoms with Crippen LogP contribution < -0.4 is 17.0 Å². The topological polar surface area (TPSA) is 64.1 Å². The lowest BCUT2D eigenvalue weighted by Gasteiger charge is -1.62. The summed E-state index contributed by atoms with van der Waals surface area (Å²) >= 11 is 0. The molecule has 10 heavy (non-hydrogen) atoms. The fraction of sp³-hybridized carbons (Fsp3) is 0.714. The molecule has 0 saturated carbocycles. The summed E-state index contributed by atoms with van der Waals surface area (Å²) in [6.07, 6.45) is 0.